The van der Waals surface area contributed by atoms with Crippen LogP contribution in [0.15, 0.2) is 65.5 Å². The van der Waals surface area contributed by atoms with E-state index in [2.05, 4.69) is 10.4 Å². The SMILES string of the molecule is CCOc1ccccc1CNC(=O)Cn1c(=O)cc(C(F)(F)F)c2c(-c3ccccc3)nn(C)c21. The lowest BCUT2D eigenvalue weighted by atomic mass is 10.0. The molecule has 0 aliphatic rings. The Morgan fingerprint density at radius 3 is 2.46 bits per heavy atom. The Morgan fingerprint density at radius 2 is 1.77 bits per heavy atom. The fourth-order valence-corrected chi connectivity index (χ4v) is 3.96. The third-order valence-electron chi connectivity index (χ3n) is 5.48. The molecule has 0 spiro atoms. The largest absolute Gasteiger partial charge is 0.494 e. The molecule has 0 saturated heterocycles. The number of amides is 1. The minimum Gasteiger partial charge on any atom is -0.494 e. The van der Waals surface area contributed by atoms with Crippen molar-refractivity contribution < 1.29 is 22.7 Å². The lowest BCUT2D eigenvalue weighted by Crippen LogP contribution is -2.33. The predicted molar refractivity (Wildman–Crippen MR) is 125 cm³/mol. The molecule has 2 aromatic carbocycles. The normalized spacial score (nSPS) is 11.6. The predicted octanol–water partition coefficient (Wildman–Crippen LogP) is 4.14. The van der Waals surface area contributed by atoms with Gasteiger partial charge in [-0.1, -0.05) is 48.5 Å². The van der Waals surface area contributed by atoms with Crippen molar-refractivity contribution in [1.82, 2.24) is 19.7 Å². The van der Waals surface area contributed by atoms with Crippen LogP contribution in [0, 0.1) is 0 Å². The van der Waals surface area contributed by atoms with Crippen molar-refractivity contribution in [3.05, 3.63) is 82.1 Å². The molecule has 4 rings (SSSR count). The number of benzene rings is 2. The van der Waals surface area contributed by atoms with Crippen LogP contribution in [0.1, 0.15) is 18.1 Å². The summed E-state index contributed by atoms with van der Waals surface area (Å²) in [6, 6.07) is 16.1. The van der Waals surface area contributed by atoms with Crippen LogP contribution in [0.4, 0.5) is 13.2 Å². The van der Waals surface area contributed by atoms with Gasteiger partial charge < -0.3 is 10.1 Å². The number of nitrogens with zero attached hydrogens (tertiary/aromatic N) is 3. The second-order valence-corrected chi connectivity index (χ2v) is 7.83. The monoisotopic (exact) mass is 484 g/mol. The number of carbonyl (C=O) groups excluding carboxylic acids is 1. The van der Waals surface area contributed by atoms with Gasteiger partial charge in [-0.2, -0.15) is 18.3 Å². The number of hydrogen-bond acceptors (Lipinski definition) is 4. The van der Waals surface area contributed by atoms with E-state index in [-0.39, 0.29) is 23.3 Å². The zero-order valence-electron chi connectivity index (χ0n) is 19.1. The molecule has 35 heavy (non-hydrogen) atoms. The first-order chi connectivity index (χ1) is 16.7. The van der Waals surface area contributed by atoms with Crippen LogP contribution in [0.2, 0.25) is 0 Å². The fraction of sp³-hybridized carbons (Fsp3) is 0.240. The van der Waals surface area contributed by atoms with Gasteiger partial charge in [-0.3, -0.25) is 18.8 Å². The molecular formula is C25H23F3N4O3. The number of ether oxygens (including phenoxy) is 1. The minimum absolute atomic E-state index is 0.0789. The van der Waals surface area contributed by atoms with Crippen molar-refractivity contribution in [2.75, 3.05) is 6.61 Å². The van der Waals surface area contributed by atoms with Gasteiger partial charge in [0.15, 0.2) is 0 Å². The summed E-state index contributed by atoms with van der Waals surface area (Å²) in [7, 11) is 1.45. The van der Waals surface area contributed by atoms with E-state index >= 15 is 0 Å². The number of fused-ring (bicyclic) bond motifs is 1. The summed E-state index contributed by atoms with van der Waals surface area (Å²) in [5, 5.41) is 6.75. The number of aryl methyl sites for hydroxylation is 1. The summed E-state index contributed by atoms with van der Waals surface area (Å²) in [6.45, 7) is 1.95. The summed E-state index contributed by atoms with van der Waals surface area (Å²) in [4.78, 5) is 25.5. The van der Waals surface area contributed by atoms with Crippen LogP contribution in [-0.4, -0.2) is 26.9 Å². The van der Waals surface area contributed by atoms with Crippen molar-refractivity contribution in [2.24, 2.45) is 7.05 Å². The summed E-state index contributed by atoms with van der Waals surface area (Å²) >= 11 is 0. The Labute approximate surface area is 198 Å². The molecule has 2 aromatic heterocycles. The van der Waals surface area contributed by atoms with Gasteiger partial charge in [-0.15, -0.1) is 0 Å². The number of aromatic nitrogens is 3. The first-order valence-electron chi connectivity index (χ1n) is 10.9. The third kappa shape index (κ3) is 4.91. The van der Waals surface area contributed by atoms with Crippen molar-refractivity contribution in [3.8, 4) is 17.0 Å². The Kier molecular flexibility index (Phi) is 6.63. The molecule has 10 heteroatoms. The summed E-state index contributed by atoms with van der Waals surface area (Å²) in [5.41, 5.74) is -0.849. The standard InChI is InChI=1S/C25H23F3N4O3/c1-3-35-19-12-8-7-11-17(19)14-29-20(33)15-32-21(34)13-18(25(26,27)28)22-23(30-31(2)24(22)32)16-9-5-4-6-10-16/h4-13H,3,14-15H2,1-2H3,(H,29,33). The third-order valence-corrected chi connectivity index (χ3v) is 5.48. The summed E-state index contributed by atoms with van der Waals surface area (Å²) in [5.74, 6) is 0.0745. The second kappa shape index (κ2) is 9.65. The Morgan fingerprint density at radius 1 is 1.09 bits per heavy atom. The number of carbonyl (C=O) groups is 1. The van der Waals surface area contributed by atoms with Gasteiger partial charge in [0.2, 0.25) is 5.91 Å². The van der Waals surface area contributed by atoms with Gasteiger partial charge in [-0.05, 0) is 13.0 Å². The maximum atomic E-state index is 13.9. The highest BCUT2D eigenvalue weighted by molar-refractivity contribution is 5.95. The number of halogens is 3. The van der Waals surface area contributed by atoms with Crippen molar-refractivity contribution in [2.45, 2.75) is 26.2 Å². The Balaban J connectivity index is 1.73. The van der Waals surface area contributed by atoms with Gasteiger partial charge in [0.25, 0.3) is 5.56 Å². The summed E-state index contributed by atoms with van der Waals surface area (Å²) < 4.78 is 49.5. The molecule has 2 heterocycles. The van der Waals surface area contributed by atoms with E-state index < -0.39 is 29.8 Å². The number of nitrogens with one attached hydrogen (secondary N) is 1. The zero-order valence-corrected chi connectivity index (χ0v) is 19.1. The molecule has 0 radical (unpaired) electrons. The molecule has 0 atom stereocenters. The molecule has 0 bridgehead atoms. The number of alkyl halides is 3. The van der Waals surface area contributed by atoms with E-state index in [1.807, 2.05) is 13.0 Å². The lowest BCUT2D eigenvalue weighted by Gasteiger charge is -2.15. The van der Waals surface area contributed by atoms with Gasteiger partial charge in [0.1, 0.15) is 23.6 Å². The molecule has 1 N–H and O–H groups in total. The van der Waals surface area contributed by atoms with Crippen molar-refractivity contribution in [1.29, 1.82) is 0 Å². The van der Waals surface area contributed by atoms with E-state index in [1.54, 1.807) is 48.5 Å². The van der Waals surface area contributed by atoms with Crippen LogP contribution >= 0.6 is 0 Å². The van der Waals surface area contributed by atoms with Crippen molar-refractivity contribution in [3.63, 3.8) is 0 Å². The van der Waals surface area contributed by atoms with Gasteiger partial charge in [-0.25, -0.2) is 0 Å². The van der Waals surface area contributed by atoms with Crippen LogP contribution in [0.25, 0.3) is 22.3 Å². The zero-order chi connectivity index (χ0) is 25.2. The van der Waals surface area contributed by atoms with E-state index in [9.17, 15) is 22.8 Å². The number of para-hydroxylation sites is 1. The molecule has 0 fully saturated rings. The quantitative estimate of drug-likeness (QED) is 0.428. The van der Waals surface area contributed by atoms with Crippen molar-refractivity contribution >= 4 is 16.9 Å². The highest BCUT2D eigenvalue weighted by Crippen LogP contribution is 2.38. The van der Waals surface area contributed by atoms with Gasteiger partial charge in [0.05, 0.1) is 17.6 Å². The smallest absolute Gasteiger partial charge is 0.417 e. The van der Waals surface area contributed by atoms with Crippen LogP contribution < -0.4 is 15.6 Å². The van der Waals surface area contributed by atoms with Gasteiger partial charge >= 0.3 is 6.18 Å². The Bertz CT molecular complexity index is 1430. The highest BCUT2D eigenvalue weighted by atomic mass is 19.4. The molecule has 1 amide bonds. The van der Waals surface area contributed by atoms with Crippen LogP contribution in [0.5, 0.6) is 5.75 Å². The maximum absolute atomic E-state index is 13.9. The molecule has 7 nitrogen and oxygen atoms in total. The molecular weight excluding hydrogens is 461 g/mol. The fourth-order valence-electron chi connectivity index (χ4n) is 3.96. The molecule has 4 aromatic rings. The first-order valence-corrected chi connectivity index (χ1v) is 10.9. The number of hydrogen-bond donors (Lipinski definition) is 1. The maximum Gasteiger partial charge on any atom is 0.417 e. The number of rotatable bonds is 7. The molecule has 0 unspecified atom stereocenters. The van der Waals surface area contributed by atoms with Crippen LogP contribution in [-0.2, 0) is 31.1 Å². The van der Waals surface area contributed by atoms with Gasteiger partial charge in [0, 0.05) is 30.8 Å². The summed E-state index contributed by atoms with van der Waals surface area (Å²) in [6.07, 6.45) is -4.78. The van der Waals surface area contributed by atoms with E-state index in [0.29, 0.717) is 24.0 Å². The average Bonchev–Trinajstić information content (AvgIpc) is 3.17. The highest BCUT2D eigenvalue weighted by Gasteiger charge is 2.37. The first kappa shape index (κ1) is 24.1. The lowest BCUT2D eigenvalue weighted by molar-refractivity contribution is -0.136. The molecule has 0 aliphatic carbocycles. The van der Waals surface area contributed by atoms with E-state index in [0.717, 1.165) is 10.1 Å². The van der Waals surface area contributed by atoms with E-state index in [1.165, 1.54) is 11.7 Å². The number of pyridine rings is 1. The molecule has 0 aliphatic heterocycles. The molecule has 0 saturated carbocycles. The molecule has 182 valence electrons. The average molecular weight is 484 g/mol. The minimum atomic E-state index is -4.78. The second-order valence-electron chi connectivity index (χ2n) is 7.83. The van der Waals surface area contributed by atoms with E-state index in [4.69, 9.17) is 4.74 Å². The Hall–Kier alpha value is -4.08. The topological polar surface area (TPSA) is 78.2 Å². The van der Waals surface area contributed by atoms with Crippen LogP contribution in [0.3, 0.4) is 0 Å².